The van der Waals surface area contributed by atoms with E-state index in [-0.39, 0.29) is 5.54 Å². The number of nitrogens with zero attached hydrogens (tertiary/aromatic N) is 1. The summed E-state index contributed by atoms with van der Waals surface area (Å²) in [4.78, 5) is 2.45. The van der Waals surface area contributed by atoms with Crippen LogP contribution in [0.25, 0.3) is 0 Å². The second-order valence-electron chi connectivity index (χ2n) is 6.00. The average Bonchev–Trinajstić information content (AvgIpc) is 3.18. The zero-order valence-corrected chi connectivity index (χ0v) is 12.0. The Morgan fingerprint density at radius 1 is 1.20 bits per heavy atom. The molecule has 106 valence electrons. The van der Waals surface area contributed by atoms with Crippen LogP contribution >= 0.6 is 0 Å². The molecule has 2 N–H and O–H groups in total. The van der Waals surface area contributed by atoms with Crippen LogP contribution in [0.5, 0.6) is 0 Å². The Labute approximate surface area is 120 Å². The molecular weight excluding hydrogens is 248 g/mol. The van der Waals surface area contributed by atoms with Crippen molar-refractivity contribution in [3.63, 3.8) is 0 Å². The predicted molar refractivity (Wildman–Crippen MR) is 80.1 cm³/mol. The highest BCUT2D eigenvalue weighted by atomic mass is 16.3. The number of benzene rings is 1. The Morgan fingerprint density at radius 3 is 2.55 bits per heavy atom. The van der Waals surface area contributed by atoms with E-state index in [1.54, 1.807) is 6.26 Å². The van der Waals surface area contributed by atoms with Crippen molar-refractivity contribution in [1.29, 1.82) is 0 Å². The molecule has 0 amide bonds. The molecule has 1 saturated carbocycles. The summed E-state index contributed by atoms with van der Waals surface area (Å²) in [7, 11) is 0. The van der Waals surface area contributed by atoms with E-state index in [1.807, 2.05) is 18.2 Å². The Hall–Kier alpha value is -1.58. The molecule has 1 aliphatic rings. The minimum atomic E-state index is -0.337. The summed E-state index contributed by atoms with van der Waals surface area (Å²) in [5.74, 6) is 1.01. The lowest BCUT2D eigenvalue weighted by molar-refractivity contribution is 0.186. The molecule has 1 fully saturated rings. The van der Waals surface area contributed by atoms with Crippen LogP contribution in [0.15, 0.2) is 53.1 Å². The summed E-state index contributed by atoms with van der Waals surface area (Å²) in [6.07, 6.45) is 4.27. The molecule has 0 bridgehead atoms. The average molecular weight is 270 g/mol. The summed E-state index contributed by atoms with van der Waals surface area (Å²) < 4.78 is 5.48. The van der Waals surface area contributed by atoms with Crippen molar-refractivity contribution in [2.45, 2.75) is 37.9 Å². The van der Waals surface area contributed by atoms with Crippen molar-refractivity contribution >= 4 is 0 Å². The molecule has 1 atom stereocenters. The maximum absolute atomic E-state index is 6.56. The van der Waals surface area contributed by atoms with Gasteiger partial charge in [0.15, 0.2) is 0 Å². The van der Waals surface area contributed by atoms with Crippen molar-refractivity contribution in [2.24, 2.45) is 5.73 Å². The number of hydrogen-bond acceptors (Lipinski definition) is 3. The maximum Gasteiger partial charge on any atom is 0.117 e. The molecule has 0 saturated heterocycles. The van der Waals surface area contributed by atoms with Crippen LogP contribution in [0.1, 0.15) is 31.1 Å². The Bertz CT molecular complexity index is 529. The van der Waals surface area contributed by atoms with Gasteiger partial charge >= 0.3 is 0 Å². The summed E-state index contributed by atoms with van der Waals surface area (Å²) in [6.45, 7) is 3.81. The van der Waals surface area contributed by atoms with Gasteiger partial charge in [-0.1, -0.05) is 30.3 Å². The number of rotatable bonds is 6. The fourth-order valence-corrected chi connectivity index (χ4v) is 2.69. The van der Waals surface area contributed by atoms with Gasteiger partial charge in [-0.2, -0.15) is 0 Å². The van der Waals surface area contributed by atoms with E-state index in [4.69, 9.17) is 10.2 Å². The van der Waals surface area contributed by atoms with E-state index in [1.165, 1.54) is 18.4 Å². The first kappa shape index (κ1) is 13.4. The molecule has 3 rings (SSSR count). The molecule has 1 unspecified atom stereocenters. The Balaban J connectivity index is 1.72. The van der Waals surface area contributed by atoms with Gasteiger partial charge in [0.25, 0.3) is 0 Å². The fourth-order valence-electron chi connectivity index (χ4n) is 2.69. The van der Waals surface area contributed by atoms with Crippen LogP contribution in [0.2, 0.25) is 0 Å². The highest BCUT2D eigenvalue weighted by Crippen LogP contribution is 2.31. The molecule has 1 aromatic heterocycles. The van der Waals surface area contributed by atoms with Crippen LogP contribution < -0.4 is 5.73 Å². The lowest BCUT2D eigenvalue weighted by atomic mass is 9.92. The quantitative estimate of drug-likeness (QED) is 0.877. The Morgan fingerprint density at radius 2 is 1.95 bits per heavy atom. The maximum atomic E-state index is 6.56. The third-order valence-electron chi connectivity index (χ3n) is 3.97. The van der Waals surface area contributed by atoms with Crippen LogP contribution in [-0.2, 0) is 12.1 Å². The minimum absolute atomic E-state index is 0.337. The second kappa shape index (κ2) is 5.43. The molecule has 1 heterocycles. The lowest BCUT2D eigenvalue weighted by Gasteiger charge is -2.32. The van der Waals surface area contributed by atoms with Crippen LogP contribution in [0, 0.1) is 0 Å². The van der Waals surface area contributed by atoms with Crippen molar-refractivity contribution in [1.82, 2.24) is 4.90 Å². The highest BCUT2D eigenvalue weighted by Gasteiger charge is 2.34. The first-order chi connectivity index (χ1) is 9.65. The molecule has 0 aliphatic heterocycles. The summed E-state index contributed by atoms with van der Waals surface area (Å²) >= 11 is 0. The predicted octanol–water partition coefficient (Wildman–Crippen LogP) is 3.12. The lowest BCUT2D eigenvalue weighted by Crippen LogP contribution is -2.45. The summed E-state index contributed by atoms with van der Waals surface area (Å²) in [6, 6.07) is 15.0. The molecular formula is C17H22N2O. The molecule has 1 aliphatic carbocycles. The fraction of sp³-hybridized carbons (Fsp3) is 0.412. The zero-order valence-electron chi connectivity index (χ0n) is 12.0. The second-order valence-corrected chi connectivity index (χ2v) is 6.00. The van der Waals surface area contributed by atoms with Crippen molar-refractivity contribution < 1.29 is 4.42 Å². The van der Waals surface area contributed by atoms with Gasteiger partial charge in [0, 0.05) is 12.6 Å². The number of hydrogen-bond donors (Lipinski definition) is 1. The first-order valence-electron chi connectivity index (χ1n) is 7.26. The normalized spacial score (nSPS) is 18.1. The molecule has 3 heteroatoms. The van der Waals surface area contributed by atoms with Gasteiger partial charge in [0.1, 0.15) is 5.76 Å². The smallest absolute Gasteiger partial charge is 0.117 e. The highest BCUT2D eigenvalue weighted by molar-refractivity contribution is 5.23. The van der Waals surface area contributed by atoms with Gasteiger partial charge in [-0.15, -0.1) is 0 Å². The molecule has 20 heavy (non-hydrogen) atoms. The SMILES string of the molecule is CC(N)(CN(Cc1ccco1)C1CC1)c1ccccc1. The van der Waals surface area contributed by atoms with Crippen LogP contribution in [-0.4, -0.2) is 17.5 Å². The van der Waals surface area contributed by atoms with Crippen molar-refractivity contribution in [3.05, 3.63) is 60.1 Å². The van der Waals surface area contributed by atoms with E-state index in [0.717, 1.165) is 18.8 Å². The molecule has 3 nitrogen and oxygen atoms in total. The molecule has 1 aromatic carbocycles. The third-order valence-corrected chi connectivity index (χ3v) is 3.97. The van der Waals surface area contributed by atoms with E-state index in [0.29, 0.717) is 6.04 Å². The van der Waals surface area contributed by atoms with Gasteiger partial charge in [0.05, 0.1) is 18.3 Å². The van der Waals surface area contributed by atoms with Gasteiger partial charge in [-0.25, -0.2) is 0 Å². The van der Waals surface area contributed by atoms with Crippen LogP contribution in [0.4, 0.5) is 0 Å². The molecule has 0 spiro atoms. The van der Waals surface area contributed by atoms with Gasteiger partial charge in [0.2, 0.25) is 0 Å². The van der Waals surface area contributed by atoms with E-state index in [2.05, 4.69) is 36.1 Å². The third kappa shape index (κ3) is 3.11. The number of nitrogens with two attached hydrogens (primary N) is 1. The monoisotopic (exact) mass is 270 g/mol. The minimum Gasteiger partial charge on any atom is -0.468 e. The van der Waals surface area contributed by atoms with E-state index >= 15 is 0 Å². The van der Waals surface area contributed by atoms with Gasteiger partial charge in [-0.3, -0.25) is 4.90 Å². The van der Waals surface area contributed by atoms with Gasteiger partial charge < -0.3 is 10.2 Å². The van der Waals surface area contributed by atoms with E-state index < -0.39 is 0 Å². The van der Waals surface area contributed by atoms with Crippen molar-refractivity contribution in [3.8, 4) is 0 Å². The van der Waals surface area contributed by atoms with Crippen molar-refractivity contribution in [2.75, 3.05) is 6.54 Å². The van der Waals surface area contributed by atoms with Crippen LogP contribution in [0.3, 0.4) is 0 Å². The molecule has 0 radical (unpaired) electrons. The molecule has 2 aromatic rings. The zero-order chi connectivity index (χ0) is 14.0. The first-order valence-corrected chi connectivity index (χ1v) is 7.26. The summed E-state index contributed by atoms with van der Waals surface area (Å²) in [5, 5.41) is 0. The van der Waals surface area contributed by atoms with Gasteiger partial charge in [-0.05, 0) is 37.5 Å². The number of furan rings is 1. The topological polar surface area (TPSA) is 42.4 Å². The summed E-state index contributed by atoms with van der Waals surface area (Å²) in [5.41, 5.74) is 7.41. The largest absolute Gasteiger partial charge is 0.468 e. The van der Waals surface area contributed by atoms with E-state index in [9.17, 15) is 0 Å². The standard InChI is InChI=1S/C17H22N2O/c1-17(18,14-6-3-2-4-7-14)13-19(15-9-10-15)12-16-8-5-11-20-16/h2-8,11,15H,9-10,12-13,18H2,1H3. The Kier molecular flexibility index (Phi) is 3.64.